The van der Waals surface area contributed by atoms with Gasteiger partial charge >= 0.3 is 0 Å². The third-order valence-corrected chi connectivity index (χ3v) is 2.26. The molecule has 1 heteroatoms. The van der Waals surface area contributed by atoms with E-state index in [1.807, 2.05) is 39.8 Å². The van der Waals surface area contributed by atoms with Gasteiger partial charge in [-0.2, -0.15) is 0 Å². The van der Waals surface area contributed by atoms with Gasteiger partial charge in [-0.25, -0.2) is 0 Å². The van der Waals surface area contributed by atoms with Gasteiger partial charge in [0.05, 0.1) is 0 Å². The molecule has 1 aromatic carbocycles. The lowest BCUT2D eigenvalue weighted by atomic mass is 9.99. The maximum Gasteiger partial charge on any atom is 0.0314 e. The summed E-state index contributed by atoms with van der Waals surface area (Å²) in [5.41, 5.74) is 7.83. The summed E-state index contributed by atoms with van der Waals surface area (Å²) in [6, 6.07) is 8.17. The number of benzene rings is 1. The molecule has 2 N–H and O–H groups in total. The Morgan fingerprint density at radius 2 is 1.50 bits per heavy atom. The minimum absolute atomic E-state index is 0. The Bertz CT molecular complexity index is 231. The third-order valence-electron chi connectivity index (χ3n) is 2.26. The van der Waals surface area contributed by atoms with Crippen molar-refractivity contribution < 1.29 is 1.43 Å². The number of nitrogen functional groups attached to an aromatic ring is 1. The molecule has 0 radical (unpaired) electrons. The van der Waals surface area contributed by atoms with Crippen molar-refractivity contribution in [2.75, 3.05) is 5.73 Å². The molecular formula is C15H31N. The van der Waals surface area contributed by atoms with Gasteiger partial charge in [-0.1, -0.05) is 60.1 Å². The molecule has 1 aromatic rings. The molecule has 96 valence electrons. The molecule has 0 spiro atoms. The van der Waals surface area contributed by atoms with E-state index in [-0.39, 0.29) is 1.43 Å². The maximum absolute atomic E-state index is 5.59. The highest BCUT2D eigenvalue weighted by molar-refractivity contribution is 5.39. The van der Waals surface area contributed by atoms with E-state index >= 15 is 0 Å². The second-order valence-corrected chi connectivity index (χ2v) is 3.46. The van der Waals surface area contributed by atoms with Crippen molar-refractivity contribution >= 4 is 5.69 Å². The molecule has 0 saturated carbocycles. The Morgan fingerprint density at radius 1 is 1.06 bits per heavy atom. The van der Waals surface area contributed by atoms with Crippen molar-refractivity contribution in [3.8, 4) is 0 Å². The largest absolute Gasteiger partial charge is 0.399 e. The van der Waals surface area contributed by atoms with Crippen LogP contribution >= 0.6 is 0 Å². The van der Waals surface area contributed by atoms with Gasteiger partial charge in [0.1, 0.15) is 0 Å². The third kappa shape index (κ3) is 8.34. The highest BCUT2D eigenvalue weighted by Gasteiger charge is 1.99. The maximum atomic E-state index is 5.59. The van der Waals surface area contributed by atoms with Gasteiger partial charge in [0.15, 0.2) is 0 Å². The van der Waals surface area contributed by atoms with Gasteiger partial charge in [0.2, 0.25) is 0 Å². The molecule has 0 aliphatic heterocycles. The normalized spacial score (nSPS) is 10.4. The molecule has 1 rings (SSSR count). The summed E-state index contributed by atoms with van der Waals surface area (Å²) in [6.45, 7) is 12.5. The van der Waals surface area contributed by atoms with E-state index in [0.717, 1.165) is 18.0 Å². The van der Waals surface area contributed by atoms with E-state index in [1.54, 1.807) is 0 Å². The van der Waals surface area contributed by atoms with E-state index < -0.39 is 0 Å². The second kappa shape index (κ2) is 12.1. The molecule has 1 unspecified atom stereocenters. The van der Waals surface area contributed by atoms with E-state index in [0.29, 0.717) is 0 Å². The van der Waals surface area contributed by atoms with E-state index in [1.165, 1.54) is 12.0 Å². The highest BCUT2D eigenvalue weighted by Crippen LogP contribution is 2.12. The molecule has 0 bridgehead atoms. The van der Waals surface area contributed by atoms with Crippen molar-refractivity contribution in [1.82, 2.24) is 0 Å². The zero-order valence-corrected chi connectivity index (χ0v) is 11.9. The average molecular weight is 225 g/mol. The SMILES string of the molecule is CC.CC.CCC(C)Cc1ccc(N)cc1.[HH]. The van der Waals surface area contributed by atoms with Gasteiger partial charge in [0.25, 0.3) is 0 Å². The predicted octanol–water partition coefficient (Wildman–Crippen LogP) is 5.16. The lowest BCUT2D eigenvalue weighted by Crippen LogP contribution is -1.97. The predicted molar refractivity (Wildman–Crippen MR) is 78.8 cm³/mol. The standard InChI is InChI=1S/C11H17N.2C2H6.H2/c1-3-9(2)8-10-4-6-11(12)7-5-10;2*1-2;/h4-7,9H,3,8,12H2,1-2H3;2*1-2H3;1H. The Labute approximate surface area is 104 Å². The van der Waals surface area contributed by atoms with Crippen molar-refractivity contribution in [2.45, 2.75) is 54.4 Å². The monoisotopic (exact) mass is 225 g/mol. The number of hydrogen-bond donors (Lipinski definition) is 1. The highest BCUT2D eigenvalue weighted by atomic mass is 14.5. The van der Waals surface area contributed by atoms with Crippen LogP contribution in [0.25, 0.3) is 0 Å². The van der Waals surface area contributed by atoms with Crippen LogP contribution in [0.5, 0.6) is 0 Å². The fourth-order valence-electron chi connectivity index (χ4n) is 1.20. The molecule has 1 nitrogen and oxygen atoms in total. The first-order valence-electron chi connectivity index (χ1n) is 6.56. The minimum Gasteiger partial charge on any atom is -0.399 e. The fourth-order valence-corrected chi connectivity index (χ4v) is 1.20. The molecule has 0 saturated heterocycles. The van der Waals surface area contributed by atoms with E-state index in [4.69, 9.17) is 5.73 Å². The van der Waals surface area contributed by atoms with Crippen molar-refractivity contribution in [1.29, 1.82) is 0 Å². The van der Waals surface area contributed by atoms with Gasteiger partial charge < -0.3 is 5.73 Å². The first-order chi connectivity index (χ1) is 7.72. The van der Waals surface area contributed by atoms with Gasteiger partial charge in [-0.15, -0.1) is 0 Å². The van der Waals surface area contributed by atoms with Crippen LogP contribution < -0.4 is 5.73 Å². The fraction of sp³-hybridized carbons (Fsp3) is 0.600. The Kier molecular flexibility index (Phi) is 13.2. The Morgan fingerprint density at radius 3 is 1.88 bits per heavy atom. The molecular weight excluding hydrogens is 194 g/mol. The lowest BCUT2D eigenvalue weighted by Gasteiger charge is -2.07. The first-order valence-corrected chi connectivity index (χ1v) is 6.56. The van der Waals surface area contributed by atoms with Crippen LogP contribution in [0.2, 0.25) is 0 Å². The van der Waals surface area contributed by atoms with Crippen molar-refractivity contribution in [3.05, 3.63) is 29.8 Å². The van der Waals surface area contributed by atoms with Gasteiger partial charge in [-0.3, -0.25) is 0 Å². The topological polar surface area (TPSA) is 26.0 Å². The molecule has 0 amide bonds. The van der Waals surface area contributed by atoms with Crippen LogP contribution in [-0.2, 0) is 6.42 Å². The summed E-state index contributed by atoms with van der Waals surface area (Å²) in [5.74, 6) is 0.772. The van der Waals surface area contributed by atoms with E-state index in [9.17, 15) is 0 Å². The number of anilines is 1. The average Bonchev–Trinajstić information content (AvgIpc) is 2.37. The summed E-state index contributed by atoms with van der Waals surface area (Å²) < 4.78 is 0. The summed E-state index contributed by atoms with van der Waals surface area (Å²) in [6.07, 6.45) is 2.40. The Hall–Kier alpha value is -0.980. The summed E-state index contributed by atoms with van der Waals surface area (Å²) in [5, 5.41) is 0. The van der Waals surface area contributed by atoms with Crippen molar-refractivity contribution in [3.63, 3.8) is 0 Å². The first kappa shape index (κ1) is 17.4. The minimum atomic E-state index is 0. The quantitative estimate of drug-likeness (QED) is 0.707. The summed E-state index contributed by atoms with van der Waals surface area (Å²) in [7, 11) is 0. The van der Waals surface area contributed by atoms with Crippen molar-refractivity contribution in [2.24, 2.45) is 5.92 Å². The van der Waals surface area contributed by atoms with Gasteiger partial charge in [-0.05, 0) is 30.0 Å². The van der Waals surface area contributed by atoms with Crippen LogP contribution in [0.3, 0.4) is 0 Å². The van der Waals surface area contributed by atoms with Gasteiger partial charge in [0, 0.05) is 7.11 Å². The molecule has 0 fully saturated rings. The van der Waals surface area contributed by atoms with E-state index in [2.05, 4.69) is 26.0 Å². The molecule has 0 heterocycles. The van der Waals surface area contributed by atoms with Crippen LogP contribution in [0.1, 0.15) is 55.0 Å². The Balaban J connectivity index is -0.000000355. The molecule has 16 heavy (non-hydrogen) atoms. The summed E-state index contributed by atoms with van der Waals surface area (Å²) >= 11 is 0. The molecule has 0 aliphatic carbocycles. The molecule has 0 aliphatic rings. The number of rotatable bonds is 3. The smallest absolute Gasteiger partial charge is 0.0314 e. The lowest BCUT2D eigenvalue weighted by molar-refractivity contribution is 0.560. The van der Waals surface area contributed by atoms with Crippen LogP contribution in [-0.4, -0.2) is 0 Å². The van der Waals surface area contributed by atoms with Crippen LogP contribution in [0, 0.1) is 5.92 Å². The van der Waals surface area contributed by atoms with Crippen LogP contribution in [0.15, 0.2) is 24.3 Å². The molecule has 1 atom stereocenters. The van der Waals surface area contributed by atoms with Crippen LogP contribution in [0.4, 0.5) is 5.69 Å². The zero-order valence-electron chi connectivity index (χ0n) is 11.9. The number of hydrogen-bond acceptors (Lipinski definition) is 1. The zero-order chi connectivity index (χ0) is 13.0. The second-order valence-electron chi connectivity index (χ2n) is 3.46. The molecule has 0 aromatic heterocycles. The summed E-state index contributed by atoms with van der Waals surface area (Å²) in [4.78, 5) is 0. The number of nitrogens with two attached hydrogens (primary N) is 1.